The van der Waals surface area contributed by atoms with Crippen molar-refractivity contribution in [3.8, 4) is 23.6 Å². The third kappa shape index (κ3) is 6.25. The van der Waals surface area contributed by atoms with E-state index in [1.54, 1.807) is 30.3 Å². The van der Waals surface area contributed by atoms with Gasteiger partial charge in [0.1, 0.15) is 18.2 Å². The number of hydrogen-bond donors (Lipinski definition) is 1. The Balaban J connectivity index is 1.81. The monoisotopic (exact) mass is 451 g/mol. The second kappa shape index (κ2) is 11.4. The lowest BCUT2D eigenvalue weighted by molar-refractivity contribution is -0.112. The van der Waals surface area contributed by atoms with E-state index in [9.17, 15) is 15.3 Å². The van der Waals surface area contributed by atoms with Crippen LogP contribution < -0.4 is 14.8 Å². The van der Waals surface area contributed by atoms with Crippen LogP contribution in [0.4, 0.5) is 5.69 Å². The van der Waals surface area contributed by atoms with E-state index in [1.165, 1.54) is 6.08 Å². The molecule has 0 saturated heterocycles. The topological polar surface area (TPSA) is 95.1 Å². The molecule has 0 aromatic heterocycles. The Bertz CT molecular complexity index is 1290. The minimum atomic E-state index is -0.487. The number of nitrogens with one attached hydrogen (secondary N) is 1. The first kappa shape index (κ1) is 24.1. The zero-order chi connectivity index (χ0) is 24.5. The molecule has 1 amide bonds. The Kier molecular flexibility index (Phi) is 8.05. The average Bonchev–Trinajstić information content (AvgIpc) is 2.81. The van der Waals surface area contributed by atoms with Gasteiger partial charge in [-0.3, -0.25) is 4.79 Å². The fourth-order valence-corrected chi connectivity index (χ4v) is 3.47. The molecule has 0 radical (unpaired) electrons. The zero-order valence-electron chi connectivity index (χ0n) is 19.4. The van der Waals surface area contributed by atoms with Gasteiger partial charge in [0.15, 0.2) is 11.5 Å². The highest BCUT2D eigenvalue weighted by atomic mass is 16.5. The van der Waals surface area contributed by atoms with E-state index < -0.39 is 5.91 Å². The number of benzene rings is 3. The number of amides is 1. The summed E-state index contributed by atoms with van der Waals surface area (Å²) in [6.07, 6.45) is 1.51. The van der Waals surface area contributed by atoms with E-state index in [0.29, 0.717) is 34.9 Å². The minimum absolute atomic E-state index is 0.0294. The Morgan fingerprint density at radius 2 is 1.71 bits per heavy atom. The number of rotatable bonds is 8. The lowest BCUT2D eigenvalue weighted by atomic mass is 10.1. The van der Waals surface area contributed by atoms with E-state index in [1.807, 2.05) is 57.2 Å². The molecular formula is C28H25N3O3. The number of hydrogen-bond acceptors (Lipinski definition) is 5. The van der Waals surface area contributed by atoms with Gasteiger partial charge < -0.3 is 14.8 Å². The zero-order valence-corrected chi connectivity index (χ0v) is 19.4. The molecule has 0 saturated carbocycles. The fraction of sp³-hybridized carbons (Fsp3) is 0.179. The Labute approximate surface area is 199 Å². The predicted octanol–water partition coefficient (Wildman–Crippen LogP) is 5.70. The lowest BCUT2D eigenvalue weighted by Gasteiger charge is -2.13. The largest absolute Gasteiger partial charge is 0.490 e. The number of nitriles is 2. The molecule has 3 aromatic carbocycles. The van der Waals surface area contributed by atoms with Gasteiger partial charge in [-0.2, -0.15) is 10.5 Å². The van der Waals surface area contributed by atoms with E-state index in [2.05, 4.69) is 11.4 Å². The summed E-state index contributed by atoms with van der Waals surface area (Å²) in [5, 5.41) is 21.6. The molecule has 0 spiro atoms. The molecule has 0 unspecified atom stereocenters. The first-order valence-electron chi connectivity index (χ1n) is 10.8. The Morgan fingerprint density at radius 1 is 0.971 bits per heavy atom. The van der Waals surface area contributed by atoms with Gasteiger partial charge in [0.05, 0.1) is 18.2 Å². The van der Waals surface area contributed by atoms with E-state index >= 15 is 0 Å². The van der Waals surface area contributed by atoms with Crippen molar-refractivity contribution in [3.05, 3.63) is 94.1 Å². The van der Waals surface area contributed by atoms with Gasteiger partial charge in [-0.15, -0.1) is 0 Å². The first-order valence-corrected chi connectivity index (χ1v) is 10.8. The SMILES string of the molecule is CCOc1cc(/C=C(\C#N)C(=O)Nc2cc(C)cc(C)c2)ccc1OCc1ccccc1C#N. The quantitative estimate of drug-likeness (QED) is 0.350. The lowest BCUT2D eigenvalue weighted by Crippen LogP contribution is -2.13. The van der Waals surface area contributed by atoms with Crippen molar-refractivity contribution in [1.29, 1.82) is 10.5 Å². The molecule has 3 rings (SSSR count). The molecule has 0 aliphatic heterocycles. The molecule has 0 fully saturated rings. The van der Waals surface area contributed by atoms with Crippen LogP contribution in [-0.4, -0.2) is 12.5 Å². The Hall–Kier alpha value is -4.55. The minimum Gasteiger partial charge on any atom is -0.490 e. The third-order valence-electron chi connectivity index (χ3n) is 4.94. The molecule has 0 bridgehead atoms. The van der Waals surface area contributed by atoms with Crippen LogP contribution in [0, 0.1) is 36.5 Å². The van der Waals surface area contributed by atoms with Crippen LogP contribution in [0.25, 0.3) is 6.08 Å². The van der Waals surface area contributed by atoms with Gasteiger partial charge in [0.25, 0.3) is 5.91 Å². The summed E-state index contributed by atoms with van der Waals surface area (Å²) >= 11 is 0. The van der Waals surface area contributed by atoms with Crippen molar-refractivity contribution >= 4 is 17.7 Å². The van der Waals surface area contributed by atoms with Crippen molar-refractivity contribution < 1.29 is 14.3 Å². The molecule has 6 nitrogen and oxygen atoms in total. The molecule has 170 valence electrons. The van der Waals surface area contributed by atoms with Crippen molar-refractivity contribution in [2.75, 3.05) is 11.9 Å². The van der Waals surface area contributed by atoms with Crippen molar-refractivity contribution in [2.24, 2.45) is 0 Å². The Morgan fingerprint density at radius 3 is 2.38 bits per heavy atom. The summed E-state index contributed by atoms with van der Waals surface area (Å²) in [6.45, 7) is 6.37. The smallest absolute Gasteiger partial charge is 0.266 e. The van der Waals surface area contributed by atoms with Gasteiger partial charge in [-0.25, -0.2) is 0 Å². The number of nitrogens with zero attached hydrogens (tertiary/aromatic N) is 2. The maximum absolute atomic E-state index is 12.7. The number of carbonyl (C=O) groups excluding carboxylic acids is 1. The summed E-state index contributed by atoms with van der Waals surface area (Å²) in [6, 6.07) is 22.3. The van der Waals surface area contributed by atoms with E-state index in [-0.39, 0.29) is 12.2 Å². The van der Waals surface area contributed by atoms with Gasteiger partial charge in [-0.05, 0) is 73.9 Å². The molecule has 6 heteroatoms. The molecule has 0 heterocycles. The summed E-state index contributed by atoms with van der Waals surface area (Å²) in [5.41, 5.74) is 4.60. The second-order valence-electron chi connectivity index (χ2n) is 7.70. The number of carbonyl (C=O) groups is 1. The van der Waals surface area contributed by atoms with Crippen LogP contribution >= 0.6 is 0 Å². The molecule has 0 aliphatic carbocycles. The summed E-state index contributed by atoms with van der Waals surface area (Å²) in [7, 11) is 0. The van der Waals surface area contributed by atoms with Crippen molar-refractivity contribution in [1.82, 2.24) is 0 Å². The highest BCUT2D eigenvalue weighted by Gasteiger charge is 2.12. The van der Waals surface area contributed by atoms with Crippen LogP contribution in [-0.2, 0) is 11.4 Å². The van der Waals surface area contributed by atoms with Crippen LogP contribution in [0.15, 0.2) is 66.2 Å². The third-order valence-corrected chi connectivity index (χ3v) is 4.94. The number of anilines is 1. The number of aryl methyl sites for hydroxylation is 2. The van der Waals surface area contributed by atoms with Crippen LogP contribution in [0.3, 0.4) is 0 Å². The molecule has 34 heavy (non-hydrogen) atoms. The molecular weight excluding hydrogens is 426 g/mol. The standard InChI is InChI=1S/C28H25N3O3/c1-4-33-27-15-21(9-10-26(27)34-18-23-8-6-5-7-22(23)16-29)14-24(17-30)28(32)31-25-12-19(2)11-20(3)13-25/h5-15H,4,18H2,1-3H3,(H,31,32)/b24-14+. The van der Waals surface area contributed by atoms with Crippen LogP contribution in [0.2, 0.25) is 0 Å². The highest BCUT2D eigenvalue weighted by Crippen LogP contribution is 2.30. The van der Waals surface area contributed by atoms with Crippen molar-refractivity contribution in [3.63, 3.8) is 0 Å². The maximum Gasteiger partial charge on any atom is 0.266 e. The molecule has 0 atom stereocenters. The fourth-order valence-electron chi connectivity index (χ4n) is 3.47. The summed E-state index contributed by atoms with van der Waals surface area (Å²) in [5.74, 6) is 0.501. The van der Waals surface area contributed by atoms with E-state index in [0.717, 1.165) is 16.7 Å². The summed E-state index contributed by atoms with van der Waals surface area (Å²) < 4.78 is 11.6. The van der Waals surface area contributed by atoms with Gasteiger partial charge in [0.2, 0.25) is 0 Å². The average molecular weight is 452 g/mol. The van der Waals surface area contributed by atoms with Gasteiger partial charge in [-0.1, -0.05) is 30.3 Å². The molecule has 1 N–H and O–H groups in total. The first-order chi connectivity index (χ1) is 16.4. The number of ether oxygens (including phenoxy) is 2. The van der Waals surface area contributed by atoms with Crippen LogP contribution in [0.5, 0.6) is 11.5 Å². The summed E-state index contributed by atoms with van der Waals surface area (Å²) in [4.78, 5) is 12.7. The highest BCUT2D eigenvalue weighted by molar-refractivity contribution is 6.09. The van der Waals surface area contributed by atoms with Crippen molar-refractivity contribution in [2.45, 2.75) is 27.4 Å². The second-order valence-corrected chi connectivity index (χ2v) is 7.70. The van der Waals surface area contributed by atoms with Gasteiger partial charge >= 0.3 is 0 Å². The van der Waals surface area contributed by atoms with Gasteiger partial charge in [0, 0.05) is 11.3 Å². The maximum atomic E-state index is 12.7. The van der Waals surface area contributed by atoms with Crippen LogP contribution in [0.1, 0.15) is 34.7 Å². The molecule has 0 aliphatic rings. The predicted molar refractivity (Wildman–Crippen MR) is 131 cm³/mol. The molecule has 3 aromatic rings. The normalized spacial score (nSPS) is 10.7. The van der Waals surface area contributed by atoms with E-state index in [4.69, 9.17) is 9.47 Å².